The normalized spacial score (nSPS) is 12.5. The molecule has 0 nitrogen and oxygen atoms in total. The summed E-state index contributed by atoms with van der Waals surface area (Å²) in [6.07, 6.45) is -0.294. The minimum Gasteiger partial charge on any atom is -0.207 e. The zero-order valence-corrected chi connectivity index (χ0v) is 11.0. The molecule has 0 aliphatic carbocycles. The van der Waals surface area contributed by atoms with Crippen LogP contribution in [0.15, 0.2) is 24.3 Å². The van der Waals surface area contributed by atoms with E-state index in [2.05, 4.69) is 0 Å². The predicted octanol–water partition coefficient (Wildman–Crippen LogP) is 5.04. The molecule has 0 fully saturated rings. The number of halogens is 7. The summed E-state index contributed by atoms with van der Waals surface area (Å²) >= 11 is 5.74. The summed E-state index contributed by atoms with van der Waals surface area (Å²) in [5, 5.41) is -1.53. The van der Waals surface area contributed by atoms with Crippen molar-refractivity contribution in [3.8, 4) is 0 Å². The highest BCUT2D eigenvalue weighted by molar-refractivity contribution is 6.21. The van der Waals surface area contributed by atoms with Crippen molar-refractivity contribution in [2.24, 2.45) is 0 Å². The van der Waals surface area contributed by atoms with Gasteiger partial charge in [-0.1, -0.05) is 12.1 Å². The van der Waals surface area contributed by atoms with E-state index in [9.17, 15) is 26.3 Å². The van der Waals surface area contributed by atoms with Gasteiger partial charge in [-0.25, -0.2) is 26.3 Å². The van der Waals surface area contributed by atoms with E-state index in [0.29, 0.717) is 0 Å². The summed E-state index contributed by atoms with van der Waals surface area (Å²) in [6.45, 7) is 0. The largest absolute Gasteiger partial charge is 0.207 e. The van der Waals surface area contributed by atoms with Crippen LogP contribution in [0.4, 0.5) is 26.3 Å². The summed E-state index contributed by atoms with van der Waals surface area (Å²) in [5.41, 5.74) is -0.865. The number of rotatable bonds is 3. The van der Waals surface area contributed by atoms with E-state index in [4.69, 9.17) is 11.6 Å². The van der Waals surface area contributed by atoms with Gasteiger partial charge in [0, 0.05) is 5.56 Å². The topological polar surface area (TPSA) is 0 Å². The highest BCUT2D eigenvalue weighted by Crippen LogP contribution is 2.33. The van der Waals surface area contributed by atoms with Crippen LogP contribution in [0.25, 0.3) is 0 Å². The van der Waals surface area contributed by atoms with Crippen molar-refractivity contribution in [3.05, 3.63) is 70.3 Å². The Bertz CT molecular complexity index is 656. The molecule has 7 heteroatoms. The van der Waals surface area contributed by atoms with E-state index in [0.717, 1.165) is 12.1 Å². The minimum atomic E-state index is -2.25. The van der Waals surface area contributed by atoms with Crippen LogP contribution in [0.2, 0.25) is 0 Å². The quantitative estimate of drug-likeness (QED) is 0.321. The molecule has 0 radical (unpaired) electrons. The molecule has 0 aliphatic rings. The Balaban J connectivity index is 2.42. The molecule has 21 heavy (non-hydrogen) atoms. The van der Waals surface area contributed by atoms with E-state index in [1.165, 1.54) is 12.1 Å². The lowest BCUT2D eigenvalue weighted by atomic mass is 10.0. The molecule has 112 valence electrons. The SMILES string of the molecule is Fc1cccc(CC(Cl)c2c(F)c(F)c(F)c(F)c2F)c1. The van der Waals surface area contributed by atoms with Crippen molar-refractivity contribution >= 4 is 11.6 Å². The summed E-state index contributed by atoms with van der Waals surface area (Å²) in [5.74, 6) is -10.9. The number of hydrogen-bond acceptors (Lipinski definition) is 0. The fraction of sp³-hybridized carbons (Fsp3) is 0.143. The molecule has 1 atom stereocenters. The van der Waals surface area contributed by atoms with Gasteiger partial charge in [0.2, 0.25) is 5.82 Å². The monoisotopic (exact) mass is 324 g/mol. The van der Waals surface area contributed by atoms with Crippen LogP contribution in [0.5, 0.6) is 0 Å². The molecule has 0 aromatic heterocycles. The van der Waals surface area contributed by atoms with E-state index < -0.39 is 45.8 Å². The van der Waals surface area contributed by atoms with Gasteiger partial charge in [-0.2, -0.15) is 0 Å². The average Bonchev–Trinajstić information content (AvgIpc) is 2.43. The molecule has 2 rings (SSSR count). The second kappa shape index (κ2) is 5.97. The first-order valence-electron chi connectivity index (χ1n) is 5.72. The zero-order valence-electron chi connectivity index (χ0n) is 10.2. The Hall–Kier alpha value is -1.69. The summed E-state index contributed by atoms with van der Waals surface area (Å²) in [6, 6.07) is 4.96. The first-order valence-corrected chi connectivity index (χ1v) is 6.16. The zero-order chi connectivity index (χ0) is 15.7. The molecule has 0 heterocycles. The van der Waals surface area contributed by atoms with Crippen LogP contribution in [0, 0.1) is 34.9 Å². The lowest BCUT2D eigenvalue weighted by Crippen LogP contribution is -2.10. The Morgan fingerprint density at radius 2 is 1.33 bits per heavy atom. The minimum absolute atomic E-state index is 0.263. The summed E-state index contributed by atoms with van der Waals surface area (Å²) in [4.78, 5) is 0. The fourth-order valence-corrected chi connectivity index (χ4v) is 2.24. The van der Waals surface area contributed by atoms with Crippen molar-refractivity contribution in [1.82, 2.24) is 0 Å². The Morgan fingerprint density at radius 1 is 0.810 bits per heavy atom. The average molecular weight is 325 g/mol. The fourth-order valence-electron chi connectivity index (χ4n) is 1.87. The number of hydrogen-bond donors (Lipinski definition) is 0. The maximum atomic E-state index is 13.6. The van der Waals surface area contributed by atoms with Gasteiger partial charge in [0.25, 0.3) is 0 Å². The maximum Gasteiger partial charge on any atom is 0.200 e. The molecule has 0 aliphatic heterocycles. The van der Waals surface area contributed by atoms with Gasteiger partial charge in [0.1, 0.15) is 5.82 Å². The predicted molar refractivity (Wildman–Crippen MR) is 64.9 cm³/mol. The second-order valence-corrected chi connectivity index (χ2v) is 4.81. The molecule has 0 amide bonds. The van der Waals surface area contributed by atoms with Crippen molar-refractivity contribution < 1.29 is 26.3 Å². The second-order valence-electron chi connectivity index (χ2n) is 4.29. The van der Waals surface area contributed by atoms with Crippen molar-refractivity contribution in [2.45, 2.75) is 11.8 Å². The van der Waals surface area contributed by atoms with Crippen LogP contribution in [-0.4, -0.2) is 0 Å². The number of benzene rings is 2. The molecular weight excluding hydrogens is 318 g/mol. The standard InChI is InChI=1S/C14H7ClF6/c15-8(5-6-2-1-3-7(16)4-6)9-10(17)12(19)14(21)13(20)11(9)18/h1-4,8H,5H2. The van der Waals surface area contributed by atoms with Crippen molar-refractivity contribution in [2.75, 3.05) is 0 Å². The van der Waals surface area contributed by atoms with Crippen LogP contribution in [0.1, 0.15) is 16.5 Å². The lowest BCUT2D eigenvalue weighted by molar-refractivity contribution is 0.369. The Morgan fingerprint density at radius 3 is 1.86 bits per heavy atom. The molecule has 1 unspecified atom stereocenters. The smallest absolute Gasteiger partial charge is 0.200 e. The van der Waals surface area contributed by atoms with Gasteiger partial charge in [-0.05, 0) is 24.1 Å². The Labute approximate surface area is 121 Å². The van der Waals surface area contributed by atoms with Gasteiger partial charge in [0.05, 0.1) is 5.38 Å². The van der Waals surface area contributed by atoms with Crippen LogP contribution < -0.4 is 0 Å². The molecule has 0 N–H and O–H groups in total. The summed E-state index contributed by atoms with van der Waals surface area (Å²) < 4.78 is 79.2. The van der Waals surface area contributed by atoms with Gasteiger partial charge >= 0.3 is 0 Å². The molecule has 0 spiro atoms. The Kier molecular flexibility index (Phi) is 4.46. The third kappa shape index (κ3) is 3.00. The lowest BCUT2D eigenvalue weighted by Gasteiger charge is -2.13. The van der Waals surface area contributed by atoms with Crippen LogP contribution in [0.3, 0.4) is 0 Å². The molecular formula is C14H7ClF6. The molecule has 2 aromatic carbocycles. The molecule has 2 aromatic rings. The van der Waals surface area contributed by atoms with Gasteiger partial charge in [0.15, 0.2) is 23.3 Å². The maximum absolute atomic E-state index is 13.6. The van der Waals surface area contributed by atoms with E-state index in [-0.39, 0.29) is 12.0 Å². The van der Waals surface area contributed by atoms with E-state index in [1.807, 2.05) is 0 Å². The van der Waals surface area contributed by atoms with Gasteiger partial charge in [-0.3, -0.25) is 0 Å². The number of alkyl halides is 1. The van der Waals surface area contributed by atoms with Crippen molar-refractivity contribution in [3.63, 3.8) is 0 Å². The molecule has 0 saturated heterocycles. The first-order chi connectivity index (χ1) is 9.82. The highest BCUT2D eigenvalue weighted by atomic mass is 35.5. The highest BCUT2D eigenvalue weighted by Gasteiger charge is 2.29. The van der Waals surface area contributed by atoms with Gasteiger partial charge < -0.3 is 0 Å². The van der Waals surface area contributed by atoms with Gasteiger partial charge in [-0.15, -0.1) is 11.6 Å². The molecule has 0 saturated carbocycles. The molecule has 0 bridgehead atoms. The summed E-state index contributed by atoms with van der Waals surface area (Å²) in [7, 11) is 0. The van der Waals surface area contributed by atoms with E-state index in [1.54, 1.807) is 0 Å². The van der Waals surface area contributed by atoms with E-state index >= 15 is 0 Å². The van der Waals surface area contributed by atoms with Crippen molar-refractivity contribution in [1.29, 1.82) is 0 Å². The third-order valence-corrected chi connectivity index (χ3v) is 3.23. The van der Waals surface area contributed by atoms with Crippen LogP contribution >= 0.6 is 11.6 Å². The third-order valence-electron chi connectivity index (χ3n) is 2.86. The van der Waals surface area contributed by atoms with Crippen LogP contribution in [-0.2, 0) is 6.42 Å². The first kappa shape index (κ1) is 15.7.